The Morgan fingerprint density at radius 1 is 1.22 bits per heavy atom. The zero-order valence-electron chi connectivity index (χ0n) is 19.1. The van der Waals surface area contributed by atoms with Gasteiger partial charge < -0.3 is 20.1 Å². The third kappa shape index (κ3) is 4.93. The minimum atomic E-state index is -0.533. The number of aromatic nitrogens is 2. The minimum absolute atomic E-state index is 0.0290. The maximum atomic E-state index is 12.2. The molecule has 2 aliphatic rings. The van der Waals surface area contributed by atoms with E-state index >= 15 is 0 Å². The lowest BCUT2D eigenvalue weighted by Gasteiger charge is -2.22. The highest BCUT2D eigenvalue weighted by Gasteiger charge is 2.28. The summed E-state index contributed by atoms with van der Waals surface area (Å²) in [5, 5.41) is 15.2. The second-order valence-corrected chi connectivity index (χ2v) is 9.30. The number of para-hydroxylation sites is 1. The lowest BCUT2D eigenvalue weighted by molar-refractivity contribution is 0.0509. The van der Waals surface area contributed by atoms with Gasteiger partial charge in [-0.25, -0.2) is 14.8 Å². The lowest BCUT2D eigenvalue weighted by Crippen LogP contribution is -2.42. The fourth-order valence-corrected chi connectivity index (χ4v) is 3.99. The van der Waals surface area contributed by atoms with Crippen molar-refractivity contribution in [1.82, 2.24) is 15.3 Å². The Morgan fingerprint density at radius 3 is 2.75 bits per heavy atom. The van der Waals surface area contributed by atoms with Gasteiger partial charge in [0.1, 0.15) is 17.2 Å². The number of phenols is 1. The molecule has 2 aromatic rings. The number of hydrogen-bond donors (Lipinski definition) is 2. The molecule has 1 aliphatic carbocycles. The molecule has 2 N–H and O–H groups in total. The van der Waals surface area contributed by atoms with Crippen LogP contribution in [0.15, 0.2) is 35.9 Å². The van der Waals surface area contributed by atoms with Gasteiger partial charge in [-0.1, -0.05) is 29.9 Å². The van der Waals surface area contributed by atoms with Crippen LogP contribution in [0.4, 0.5) is 10.6 Å². The number of rotatable bonds is 3. The van der Waals surface area contributed by atoms with Crippen molar-refractivity contribution >= 4 is 24.1 Å². The van der Waals surface area contributed by atoms with E-state index in [1.165, 1.54) is 0 Å². The summed E-state index contributed by atoms with van der Waals surface area (Å²) in [6.07, 6.45) is 7.54. The number of hydrogen-bond acceptors (Lipinski definition) is 6. The summed E-state index contributed by atoms with van der Waals surface area (Å²) in [4.78, 5) is 24.1. The maximum Gasteiger partial charge on any atom is 0.407 e. The van der Waals surface area contributed by atoms with Crippen molar-refractivity contribution in [3.05, 3.63) is 46.5 Å². The molecule has 0 bridgehead atoms. The molecule has 0 radical (unpaired) electrons. The average molecular weight is 435 g/mol. The summed E-state index contributed by atoms with van der Waals surface area (Å²) >= 11 is 0. The van der Waals surface area contributed by atoms with Crippen LogP contribution < -0.4 is 20.8 Å². The van der Waals surface area contributed by atoms with Gasteiger partial charge in [0.15, 0.2) is 5.82 Å². The smallest absolute Gasteiger partial charge is 0.407 e. The van der Waals surface area contributed by atoms with E-state index in [0.29, 0.717) is 17.9 Å². The Labute approximate surface area is 188 Å². The van der Waals surface area contributed by atoms with Gasteiger partial charge in [-0.3, -0.25) is 0 Å². The number of amides is 1. The molecule has 0 saturated carbocycles. The number of anilines is 1. The molecule has 0 spiro atoms. The highest BCUT2D eigenvalue weighted by atomic mass is 16.6. The monoisotopic (exact) mass is 434 g/mol. The molecule has 1 amide bonds. The van der Waals surface area contributed by atoms with E-state index < -0.39 is 11.7 Å². The van der Waals surface area contributed by atoms with Gasteiger partial charge in [-0.2, -0.15) is 0 Å². The van der Waals surface area contributed by atoms with E-state index in [1.807, 2.05) is 32.9 Å². The number of carbonyl (C=O) groups excluding carboxylic acids is 1. The van der Waals surface area contributed by atoms with Crippen molar-refractivity contribution in [2.75, 3.05) is 18.0 Å². The molecule has 1 aliphatic heterocycles. The first kappa shape index (κ1) is 21.9. The molecule has 4 rings (SSSR count). The van der Waals surface area contributed by atoms with E-state index in [9.17, 15) is 9.90 Å². The van der Waals surface area contributed by atoms with Gasteiger partial charge in [0, 0.05) is 18.3 Å². The normalized spacial score (nSPS) is 18.1. The van der Waals surface area contributed by atoms with Crippen molar-refractivity contribution in [1.29, 1.82) is 0 Å². The number of ether oxygens (including phenoxy) is 1. The number of aromatic hydroxyl groups is 1. The van der Waals surface area contributed by atoms with Crippen LogP contribution in [0.1, 0.15) is 40.5 Å². The molecule has 1 aromatic carbocycles. The van der Waals surface area contributed by atoms with E-state index in [1.54, 1.807) is 12.1 Å². The number of fused-ring (bicyclic) bond motifs is 1. The standard InChI is InChI=1S/C25H30N4O3/c1-16-8-7-10-18-20(14-16)27-22(19-9-5-6-11-21(19)30)28-23(18)29-13-12-17(15-29)26-24(31)32-25(2,3)4/h5-6,8-11,14,17,30H,7,12-13,15H2,1-4H3,(H,26,31)/t17-/m1/s1. The molecule has 0 unspecified atom stereocenters. The summed E-state index contributed by atoms with van der Waals surface area (Å²) in [5.41, 5.74) is 1.20. The number of benzene rings is 1. The Balaban J connectivity index is 1.69. The van der Waals surface area contributed by atoms with Gasteiger partial charge in [-0.15, -0.1) is 0 Å². The number of nitrogens with one attached hydrogen (secondary N) is 1. The van der Waals surface area contributed by atoms with Crippen molar-refractivity contribution in [3.63, 3.8) is 0 Å². The molecule has 1 saturated heterocycles. The highest BCUT2D eigenvalue weighted by molar-refractivity contribution is 5.69. The molecular formula is C25H30N4O3. The van der Waals surface area contributed by atoms with Crippen LogP contribution in [0.2, 0.25) is 0 Å². The number of carbonyl (C=O) groups is 1. The first-order valence-corrected chi connectivity index (χ1v) is 11.0. The number of nitrogens with zero attached hydrogens (tertiary/aromatic N) is 3. The number of phenolic OH excluding ortho intramolecular Hbond substituents is 1. The molecule has 1 atom stereocenters. The second-order valence-electron chi connectivity index (χ2n) is 9.30. The van der Waals surface area contributed by atoms with Crippen molar-refractivity contribution in [2.24, 2.45) is 0 Å². The molecular weight excluding hydrogens is 404 g/mol. The van der Waals surface area contributed by atoms with Gasteiger partial charge in [0.2, 0.25) is 0 Å². The van der Waals surface area contributed by atoms with Crippen molar-refractivity contribution in [2.45, 2.75) is 52.2 Å². The van der Waals surface area contributed by atoms with Gasteiger partial charge in [0.25, 0.3) is 0 Å². The number of allylic oxidation sites excluding steroid dienone is 2. The first-order chi connectivity index (χ1) is 15.2. The second kappa shape index (κ2) is 8.65. The lowest BCUT2D eigenvalue weighted by atomic mass is 10.2. The predicted octanol–water partition coefficient (Wildman–Crippen LogP) is 2.86. The molecule has 168 valence electrons. The maximum absolute atomic E-state index is 12.2. The zero-order valence-corrected chi connectivity index (χ0v) is 19.1. The van der Waals surface area contributed by atoms with Gasteiger partial charge in [0.05, 0.1) is 17.0 Å². The topological polar surface area (TPSA) is 87.6 Å². The fourth-order valence-electron chi connectivity index (χ4n) is 3.99. The molecule has 1 fully saturated rings. The Hall–Kier alpha value is -3.35. The predicted molar refractivity (Wildman–Crippen MR) is 126 cm³/mol. The summed E-state index contributed by atoms with van der Waals surface area (Å²) in [6.45, 7) is 9.00. The van der Waals surface area contributed by atoms with Crippen LogP contribution in [0.25, 0.3) is 23.5 Å². The van der Waals surface area contributed by atoms with Gasteiger partial charge in [-0.05, 0) is 58.7 Å². The fraction of sp³-hybridized carbons (Fsp3) is 0.400. The summed E-state index contributed by atoms with van der Waals surface area (Å²) in [5.74, 6) is 1.45. The largest absolute Gasteiger partial charge is 0.507 e. The van der Waals surface area contributed by atoms with E-state index in [2.05, 4.69) is 35.4 Å². The summed E-state index contributed by atoms with van der Waals surface area (Å²) in [7, 11) is 0. The van der Waals surface area contributed by atoms with Crippen LogP contribution in [-0.2, 0) is 4.74 Å². The average Bonchev–Trinajstić information content (AvgIpc) is 3.06. The van der Waals surface area contributed by atoms with Crippen LogP contribution >= 0.6 is 0 Å². The van der Waals surface area contributed by atoms with E-state index in [-0.39, 0.29) is 11.8 Å². The van der Waals surface area contributed by atoms with Crippen molar-refractivity contribution < 1.29 is 14.6 Å². The third-order valence-corrected chi connectivity index (χ3v) is 5.43. The minimum Gasteiger partial charge on any atom is -0.507 e. The highest BCUT2D eigenvalue weighted by Crippen LogP contribution is 2.26. The number of alkyl carbamates (subject to hydrolysis) is 1. The Kier molecular flexibility index (Phi) is 5.91. The van der Waals surface area contributed by atoms with Crippen molar-refractivity contribution in [3.8, 4) is 17.1 Å². The SMILES string of the molecule is CC1=CCC=c2c(N3CC[C@@H](NC(=O)OC(C)(C)C)C3)nc(-c3ccccc3O)nc2=C1. The summed E-state index contributed by atoms with van der Waals surface area (Å²) < 4.78 is 5.41. The van der Waals surface area contributed by atoms with Crippen LogP contribution in [0.5, 0.6) is 5.75 Å². The van der Waals surface area contributed by atoms with Gasteiger partial charge >= 0.3 is 6.09 Å². The molecule has 7 nitrogen and oxygen atoms in total. The van der Waals surface area contributed by atoms with Crippen LogP contribution in [0, 0.1) is 0 Å². The first-order valence-electron chi connectivity index (χ1n) is 11.0. The Bertz CT molecular complexity index is 1180. The Morgan fingerprint density at radius 2 is 2.00 bits per heavy atom. The van der Waals surface area contributed by atoms with Crippen LogP contribution in [0.3, 0.4) is 0 Å². The summed E-state index contributed by atoms with van der Waals surface area (Å²) in [6, 6.07) is 7.08. The molecule has 7 heteroatoms. The molecule has 32 heavy (non-hydrogen) atoms. The zero-order chi connectivity index (χ0) is 22.9. The van der Waals surface area contributed by atoms with Crippen LogP contribution in [-0.4, -0.2) is 45.9 Å². The van der Waals surface area contributed by atoms with E-state index in [0.717, 1.165) is 41.3 Å². The van der Waals surface area contributed by atoms with E-state index in [4.69, 9.17) is 14.7 Å². The molecule has 1 aromatic heterocycles. The quantitative estimate of drug-likeness (QED) is 0.773. The third-order valence-electron chi connectivity index (χ3n) is 5.43. The molecule has 2 heterocycles.